The number of rotatable bonds is 3. The highest BCUT2D eigenvalue weighted by molar-refractivity contribution is 9.13. The molecule has 0 saturated carbocycles. The van der Waals surface area contributed by atoms with Crippen molar-refractivity contribution in [3.8, 4) is 0 Å². The number of thioether (sulfide) groups is 1. The average molecular weight is 418 g/mol. The van der Waals surface area contributed by atoms with Gasteiger partial charge in [-0.15, -0.1) is 11.8 Å². The van der Waals surface area contributed by atoms with E-state index in [1.54, 1.807) is 11.8 Å². The second-order valence-corrected chi connectivity index (χ2v) is 6.83. The van der Waals surface area contributed by atoms with Crippen molar-refractivity contribution in [1.29, 1.82) is 0 Å². The average Bonchev–Trinajstić information content (AvgIpc) is 2.75. The molecule has 1 aliphatic heterocycles. The fourth-order valence-corrected chi connectivity index (χ4v) is 3.31. The molecular formula is C13H10Br2N2O2S. The first-order valence-corrected chi connectivity index (χ1v) is 8.43. The van der Waals surface area contributed by atoms with E-state index in [0.717, 1.165) is 26.5 Å². The van der Waals surface area contributed by atoms with Crippen LogP contribution in [0.25, 0.3) is 0 Å². The van der Waals surface area contributed by atoms with Gasteiger partial charge in [-0.05, 0) is 56.1 Å². The van der Waals surface area contributed by atoms with Crippen LogP contribution in [0.3, 0.4) is 0 Å². The summed E-state index contributed by atoms with van der Waals surface area (Å²) in [5, 5.41) is 6.14. The summed E-state index contributed by atoms with van der Waals surface area (Å²) in [6.07, 6.45) is 0. The summed E-state index contributed by atoms with van der Waals surface area (Å²) in [6, 6.07) is 7.85. The topological polar surface area (TPSA) is 54.3 Å². The third-order valence-corrected chi connectivity index (χ3v) is 5.56. The van der Waals surface area contributed by atoms with Crippen LogP contribution in [0.5, 0.6) is 0 Å². The van der Waals surface area contributed by atoms with Crippen molar-refractivity contribution < 1.29 is 9.21 Å². The van der Waals surface area contributed by atoms with Crippen molar-refractivity contribution in [2.45, 2.75) is 11.4 Å². The van der Waals surface area contributed by atoms with Crippen LogP contribution < -0.4 is 10.6 Å². The van der Waals surface area contributed by atoms with Crippen LogP contribution in [-0.2, 0) is 11.3 Å². The molecule has 1 aromatic heterocycles. The van der Waals surface area contributed by atoms with Gasteiger partial charge in [-0.3, -0.25) is 4.79 Å². The highest BCUT2D eigenvalue weighted by Gasteiger charge is 2.15. The second kappa shape index (κ2) is 5.83. The molecule has 2 heterocycles. The molecular weight excluding hydrogens is 408 g/mol. The van der Waals surface area contributed by atoms with Gasteiger partial charge in [0.05, 0.1) is 22.5 Å². The van der Waals surface area contributed by atoms with Crippen molar-refractivity contribution in [3.05, 3.63) is 39.2 Å². The molecule has 1 aliphatic rings. The minimum absolute atomic E-state index is 0.0403. The smallest absolute Gasteiger partial charge is 0.234 e. The highest BCUT2D eigenvalue weighted by atomic mass is 79.9. The van der Waals surface area contributed by atoms with Crippen LogP contribution in [0.4, 0.5) is 11.4 Å². The van der Waals surface area contributed by atoms with Gasteiger partial charge in [0.2, 0.25) is 5.91 Å². The first-order chi connectivity index (χ1) is 9.61. The first-order valence-electron chi connectivity index (χ1n) is 5.86. The zero-order chi connectivity index (χ0) is 14.1. The normalized spacial score (nSPS) is 13.8. The first kappa shape index (κ1) is 14.0. The number of furan rings is 1. The van der Waals surface area contributed by atoms with Crippen LogP contribution >= 0.6 is 43.6 Å². The molecule has 0 atom stereocenters. The molecule has 0 radical (unpaired) electrons. The minimum Gasteiger partial charge on any atom is -0.451 e. The highest BCUT2D eigenvalue weighted by Crippen LogP contribution is 2.33. The number of amides is 1. The fraction of sp³-hybridized carbons (Fsp3) is 0.154. The third-order valence-electron chi connectivity index (χ3n) is 2.78. The van der Waals surface area contributed by atoms with E-state index in [-0.39, 0.29) is 5.91 Å². The molecule has 104 valence electrons. The Morgan fingerprint density at radius 3 is 2.95 bits per heavy atom. The maximum atomic E-state index is 11.4. The number of nitrogens with one attached hydrogen (secondary N) is 2. The molecule has 0 bridgehead atoms. The number of carbonyl (C=O) groups excluding carboxylic acids is 1. The van der Waals surface area contributed by atoms with Gasteiger partial charge >= 0.3 is 0 Å². The fourth-order valence-electron chi connectivity index (χ4n) is 1.86. The molecule has 0 unspecified atom stereocenters. The Kier molecular flexibility index (Phi) is 4.09. The van der Waals surface area contributed by atoms with Crippen LogP contribution in [0.1, 0.15) is 5.76 Å². The van der Waals surface area contributed by atoms with E-state index in [0.29, 0.717) is 17.0 Å². The Hall–Kier alpha value is -0.920. The maximum absolute atomic E-state index is 11.4. The van der Waals surface area contributed by atoms with Crippen LogP contribution in [0.15, 0.2) is 42.7 Å². The summed E-state index contributed by atoms with van der Waals surface area (Å²) in [7, 11) is 0. The SMILES string of the molecule is O=C1CSc2ccc(NCc3cc(Br)c(Br)o3)cc2N1. The number of halogens is 2. The van der Waals surface area contributed by atoms with E-state index in [9.17, 15) is 4.79 Å². The maximum Gasteiger partial charge on any atom is 0.234 e. The summed E-state index contributed by atoms with van der Waals surface area (Å²) < 4.78 is 7.07. The molecule has 0 fully saturated rings. The lowest BCUT2D eigenvalue weighted by Gasteiger charge is -2.17. The van der Waals surface area contributed by atoms with Gasteiger partial charge in [0.25, 0.3) is 0 Å². The van der Waals surface area contributed by atoms with Crippen LogP contribution in [-0.4, -0.2) is 11.7 Å². The molecule has 0 aliphatic carbocycles. The van der Waals surface area contributed by atoms with Crippen LogP contribution in [0, 0.1) is 0 Å². The second-order valence-electron chi connectivity index (χ2n) is 4.24. The summed E-state index contributed by atoms with van der Waals surface area (Å²) in [6.45, 7) is 0.573. The van der Waals surface area contributed by atoms with E-state index in [1.165, 1.54) is 0 Å². The molecule has 7 heteroatoms. The van der Waals surface area contributed by atoms with Gasteiger partial charge in [-0.1, -0.05) is 0 Å². The van der Waals surface area contributed by atoms with Gasteiger partial charge in [0.1, 0.15) is 5.76 Å². The molecule has 4 nitrogen and oxygen atoms in total. The molecule has 2 aromatic rings. The van der Waals surface area contributed by atoms with Crippen molar-refractivity contribution in [2.24, 2.45) is 0 Å². The molecule has 0 saturated heterocycles. The number of hydrogen-bond donors (Lipinski definition) is 2. The Morgan fingerprint density at radius 2 is 2.20 bits per heavy atom. The van der Waals surface area contributed by atoms with E-state index < -0.39 is 0 Å². The predicted molar refractivity (Wildman–Crippen MR) is 87.2 cm³/mol. The molecule has 0 spiro atoms. The lowest BCUT2D eigenvalue weighted by atomic mass is 10.2. The lowest BCUT2D eigenvalue weighted by Crippen LogP contribution is -2.18. The number of fused-ring (bicyclic) bond motifs is 1. The van der Waals surface area contributed by atoms with Gasteiger partial charge in [-0.25, -0.2) is 0 Å². The Balaban J connectivity index is 1.72. The minimum atomic E-state index is 0.0403. The number of carbonyl (C=O) groups is 1. The van der Waals surface area contributed by atoms with E-state index in [4.69, 9.17) is 4.42 Å². The molecule has 1 aromatic carbocycles. The Bertz CT molecular complexity index is 653. The Morgan fingerprint density at radius 1 is 1.35 bits per heavy atom. The zero-order valence-corrected chi connectivity index (χ0v) is 14.2. The van der Waals surface area contributed by atoms with E-state index in [1.807, 2.05) is 24.3 Å². The van der Waals surface area contributed by atoms with Crippen molar-refractivity contribution in [2.75, 3.05) is 16.4 Å². The molecule has 1 amide bonds. The molecule has 20 heavy (non-hydrogen) atoms. The summed E-state index contributed by atoms with van der Waals surface area (Å²) in [5.41, 5.74) is 1.80. The van der Waals surface area contributed by atoms with E-state index >= 15 is 0 Å². The quantitative estimate of drug-likeness (QED) is 0.773. The predicted octanol–water partition coefficient (Wildman–Crippen LogP) is 4.46. The largest absolute Gasteiger partial charge is 0.451 e. The number of hydrogen-bond acceptors (Lipinski definition) is 4. The summed E-state index contributed by atoms with van der Waals surface area (Å²) in [4.78, 5) is 12.5. The monoisotopic (exact) mass is 416 g/mol. The number of benzene rings is 1. The molecule has 2 N–H and O–H groups in total. The van der Waals surface area contributed by atoms with Gasteiger partial charge in [0, 0.05) is 10.6 Å². The third kappa shape index (κ3) is 3.05. The van der Waals surface area contributed by atoms with Gasteiger partial charge < -0.3 is 15.1 Å². The van der Waals surface area contributed by atoms with E-state index in [2.05, 4.69) is 42.5 Å². The summed E-state index contributed by atoms with van der Waals surface area (Å²) >= 11 is 8.24. The summed E-state index contributed by atoms with van der Waals surface area (Å²) in [5.74, 6) is 1.34. The van der Waals surface area contributed by atoms with Crippen molar-refractivity contribution >= 4 is 60.9 Å². The Labute approximate surface area is 136 Å². The standard InChI is InChI=1S/C13H10Br2N2O2S/c14-9-4-8(19-13(9)15)5-16-7-1-2-11-10(3-7)17-12(18)6-20-11/h1-4,16H,5-6H2,(H,17,18). The van der Waals surface area contributed by atoms with Gasteiger partial charge in [-0.2, -0.15) is 0 Å². The zero-order valence-electron chi connectivity index (χ0n) is 10.2. The van der Waals surface area contributed by atoms with Gasteiger partial charge in [0.15, 0.2) is 4.67 Å². The van der Waals surface area contributed by atoms with Crippen LogP contribution in [0.2, 0.25) is 0 Å². The van der Waals surface area contributed by atoms with Crippen molar-refractivity contribution in [1.82, 2.24) is 0 Å². The van der Waals surface area contributed by atoms with Crippen molar-refractivity contribution in [3.63, 3.8) is 0 Å². The molecule has 3 rings (SSSR count). The lowest BCUT2D eigenvalue weighted by molar-refractivity contribution is -0.113. The number of anilines is 2.